The van der Waals surface area contributed by atoms with E-state index in [0.717, 1.165) is 35.2 Å². The van der Waals surface area contributed by atoms with Gasteiger partial charge in [0.05, 0.1) is 32.0 Å². The van der Waals surface area contributed by atoms with Crippen LogP contribution in [0.1, 0.15) is 47.5 Å². The fraction of sp³-hybridized carbons (Fsp3) is 0.394. The van der Waals surface area contributed by atoms with Crippen LogP contribution in [-0.4, -0.2) is 72.1 Å². The van der Waals surface area contributed by atoms with Gasteiger partial charge in [-0.2, -0.15) is 0 Å². The molecule has 43 heavy (non-hydrogen) atoms. The number of ether oxygens (including phenoxy) is 3. The first kappa shape index (κ1) is 30.7. The molecule has 228 valence electrons. The van der Waals surface area contributed by atoms with Gasteiger partial charge in [0.2, 0.25) is 0 Å². The number of nitrogens with one attached hydrogen (secondary N) is 2. The van der Waals surface area contributed by atoms with Crippen molar-refractivity contribution in [2.45, 2.75) is 56.5 Å². The molecule has 2 fully saturated rings. The van der Waals surface area contributed by atoms with E-state index in [1.54, 1.807) is 12.1 Å². The molecule has 3 aromatic carbocycles. The van der Waals surface area contributed by atoms with E-state index in [4.69, 9.17) is 14.2 Å². The summed E-state index contributed by atoms with van der Waals surface area (Å²) in [4.78, 5) is 27.3. The van der Waals surface area contributed by atoms with E-state index >= 15 is 0 Å². The monoisotopic (exact) mass is 589 g/mol. The zero-order chi connectivity index (χ0) is 30.2. The highest BCUT2D eigenvalue weighted by Crippen LogP contribution is 2.38. The first-order valence-corrected chi connectivity index (χ1v) is 14.6. The average molecular weight is 590 g/mol. The van der Waals surface area contributed by atoms with Crippen molar-refractivity contribution in [1.82, 2.24) is 10.2 Å². The molecule has 4 N–H and O–H groups in total. The lowest BCUT2D eigenvalue weighted by Crippen LogP contribution is -2.45. The summed E-state index contributed by atoms with van der Waals surface area (Å²) in [6.45, 7) is 2.12. The molecule has 0 bridgehead atoms. The van der Waals surface area contributed by atoms with Crippen LogP contribution >= 0.6 is 0 Å². The highest BCUT2D eigenvalue weighted by atomic mass is 16.7. The maximum absolute atomic E-state index is 12.8. The van der Waals surface area contributed by atoms with E-state index in [1.165, 1.54) is 7.11 Å². The number of esters is 1. The van der Waals surface area contributed by atoms with Gasteiger partial charge in [-0.15, -0.1) is 0 Å². The second-order valence-corrected chi connectivity index (χ2v) is 11.0. The molecule has 2 aliphatic rings. The standard InChI is InChI=1S/C33H39N3O7/c1-41-31(39)29(17-22-5-3-2-4-6-22)35-33(40)34-26-13-11-25(12-14-26)32-42-28(20-36-16-15-27(38)19-36)18-30(43-32)24-9-7-23(21-37)8-10-24/h2-14,27-30,32,37-38H,15-21H2,1H3,(H2,34,35,40). The van der Waals surface area contributed by atoms with Crippen LogP contribution in [-0.2, 0) is 32.0 Å². The zero-order valence-corrected chi connectivity index (χ0v) is 24.2. The van der Waals surface area contributed by atoms with Crippen molar-refractivity contribution in [2.24, 2.45) is 0 Å². The predicted molar refractivity (Wildman–Crippen MR) is 160 cm³/mol. The Morgan fingerprint density at radius 1 is 0.977 bits per heavy atom. The fourth-order valence-corrected chi connectivity index (χ4v) is 5.53. The lowest BCUT2D eigenvalue weighted by molar-refractivity contribution is -0.252. The highest BCUT2D eigenvalue weighted by molar-refractivity contribution is 5.92. The van der Waals surface area contributed by atoms with E-state index in [-0.39, 0.29) is 24.9 Å². The third-order valence-electron chi connectivity index (χ3n) is 7.84. The van der Waals surface area contributed by atoms with E-state index < -0.39 is 24.3 Å². The number of methoxy groups -OCH3 is 1. The molecule has 2 heterocycles. The number of amides is 2. The van der Waals surface area contributed by atoms with Crippen molar-refractivity contribution in [1.29, 1.82) is 0 Å². The number of likely N-dealkylation sites (tertiary alicyclic amines) is 1. The fourth-order valence-electron chi connectivity index (χ4n) is 5.53. The molecule has 0 radical (unpaired) electrons. The van der Waals surface area contributed by atoms with Crippen LogP contribution in [0.4, 0.5) is 10.5 Å². The maximum atomic E-state index is 12.8. The van der Waals surface area contributed by atoms with Crippen molar-refractivity contribution in [3.63, 3.8) is 0 Å². The van der Waals surface area contributed by atoms with E-state index in [9.17, 15) is 19.8 Å². The molecule has 2 aliphatic heterocycles. The van der Waals surface area contributed by atoms with Crippen molar-refractivity contribution in [3.8, 4) is 0 Å². The van der Waals surface area contributed by atoms with Crippen molar-refractivity contribution >= 4 is 17.7 Å². The van der Waals surface area contributed by atoms with Crippen LogP contribution in [0.2, 0.25) is 0 Å². The van der Waals surface area contributed by atoms with Gasteiger partial charge in [-0.05, 0) is 35.2 Å². The lowest BCUT2D eigenvalue weighted by atomic mass is 9.99. The number of β-amino-alcohol motifs (C(OH)–C–C–N with tert-alkyl or cyclic N) is 1. The van der Waals surface area contributed by atoms with Gasteiger partial charge in [0, 0.05) is 43.7 Å². The number of benzene rings is 3. The molecule has 5 rings (SSSR count). The van der Waals surface area contributed by atoms with Gasteiger partial charge in [0.15, 0.2) is 6.29 Å². The van der Waals surface area contributed by atoms with Gasteiger partial charge < -0.3 is 35.1 Å². The number of hydrogen-bond donors (Lipinski definition) is 4. The van der Waals surface area contributed by atoms with E-state index in [2.05, 4.69) is 15.5 Å². The van der Waals surface area contributed by atoms with Crippen LogP contribution in [0.15, 0.2) is 78.9 Å². The van der Waals surface area contributed by atoms with Gasteiger partial charge in [0.1, 0.15) is 6.04 Å². The maximum Gasteiger partial charge on any atom is 0.328 e. The molecule has 0 aromatic heterocycles. The van der Waals surface area contributed by atoms with Gasteiger partial charge in [-0.25, -0.2) is 9.59 Å². The van der Waals surface area contributed by atoms with Crippen LogP contribution in [0.3, 0.4) is 0 Å². The number of carbonyl (C=O) groups is 2. The smallest absolute Gasteiger partial charge is 0.328 e. The Kier molecular flexibility index (Phi) is 10.4. The number of anilines is 1. The molecule has 5 atom stereocenters. The van der Waals surface area contributed by atoms with E-state index in [1.807, 2.05) is 66.7 Å². The van der Waals surface area contributed by atoms with Crippen LogP contribution in [0.25, 0.3) is 0 Å². The zero-order valence-electron chi connectivity index (χ0n) is 24.2. The van der Waals surface area contributed by atoms with Gasteiger partial charge in [-0.3, -0.25) is 4.90 Å². The Balaban J connectivity index is 1.24. The summed E-state index contributed by atoms with van der Waals surface area (Å²) in [6.07, 6.45) is 0.446. The number of carbonyl (C=O) groups excluding carboxylic acids is 2. The third-order valence-corrected chi connectivity index (χ3v) is 7.84. The molecular formula is C33H39N3O7. The molecule has 10 nitrogen and oxygen atoms in total. The highest BCUT2D eigenvalue weighted by Gasteiger charge is 2.34. The average Bonchev–Trinajstić information content (AvgIpc) is 3.45. The Labute approximate surface area is 251 Å². The summed E-state index contributed by atoms with van der Waals surface area (Å²) in [5, 5.41) is 24.9. The topological polar surface area (TPSA) is 130 Å². The van der Waals surface area contributed by atoms with Crippen molar-refractivity contribution in [2.75, 3.05) is 32.1 Å². The summed E-state index contributed by atoms with van der Waals surface area (Å²) >= 11 is 0. The molecule has 5 unspecified atom stereocenters. The minimum atomic E-state index is -0.840. The first-order chi connectivity index (χ1) is 20.9. The predicted octanol–water partition coefficient (Wildman–Crippen LogP) is 3.70. The quantitative estimate of drug-likeness (QED) is 0.264. The SMILES string of the molecule is COC(=O)C(Cc1ccccc1)NC(=O)Nc1ccc(C2OC(CN3CCC(O)C3)CC(c3ccc(CO)cc3)O2)cc1. The number of rotatable bonds is 10. The summed E-state index contributed by atoms with van der Waals surface area (Å²) in [6, 6.07) is 23.0. The van der Waals surface area contributed by atoms with Crippen LogP contribution in [0.5, 0.6) is 0 Å². The normalized spacial score (nSPS) is 23.0. The molecule has 0 aliphatic carbocycles. The minimum absolute atomic E-state index is 0.0216. The lowest BCUT2D eigenvalue weighted by Gasteiger charge is -2.37. The number of nitrogens with zero attached hydrogens (tertiary/aromatic N) is 1. The number of aliphatic hydroxyl groups excluding tert-OH is 2. The second kappa shape index (κ2) is 14.6. The third kappa shape index (κ3) is 8.40. The van der Waals surface area contributed by atoms with Crippen LogP contribution in [0, 0.1) is 0 Å². The Bertz CT molecular complexity index is 1340. The summed E-state index contributed by atoms with van der Waals surface area (Å²) in [5.41, 5.74) is 4.07. The van der Waals surface area contributed by atoms with Gasteiger partial charge in [-0.1, -0.05) is 66.7 Å². The summed E-state index contributed by atoms with van der Waals surface area (Å²) < 4.78 is 17.7. The van der Waals surface area contributed by atoms with Gasteiger partial charge in [0.25, 0.3) is 0 Å². The molecular weight excluding hydrogens is 550 g/mol. The minimum Gasteiger partial charge on any atom is -0.467 e. The van der Waals surface area contributed by atoms with Crippen molar-refractivity contribution in [3.05, 3.63) is 101 Å². The largest absolute Gasteiger partial charge is 0.467 e. The van der Waals surface area contributed by atoms with E-state index in [0.29, 0.717) is 31.6 Å². The first-order valence-electron chi connectivity index (χ1n) is 14.6. The summed E-state index contributed by atoms with van der Waals surface area (Å²) in [5.74, 6) is -0.528. The number of hydrogen-bond acceptors (Lipinski definition) is 8. The van der Waals surface area contributed by atoms with Gasteiger partial charge >= 0.3 is 12.0 Å². The molecule has 2 saturated heterocycles. The van der Waals surface area contributed by atoms with Crippen LogP contribution < -0.4 is 10.6 Å². The number of aliphatic hydroxyl groups is 2. The Morgan fingerprint density at radius 2 is 1.70 bits per heavy atom. The molecule has 2 amide bonds. The molecule has 0 spiro atoms. The summed E-state index contributed by atoms with van der Waals surface area (Å²) in [7, 11) is 1.29. The van der Waals surface area contributed by atoms with Crippen molar-refractivity contribution < 1.29 is 34.0 Å². The molecule has 10 heteroatoms. The second-order valence-electron chi connectivity index (χ2n) is 11.0. The Morgan fingerprint density at radius 3 is 2.35 bits per heavy atom. The Hall–Kier alpha value is -3.80. The number of urea groups is 1. The molecule has 0 saturated carbocycles. The molecule has 3 aromatic rings.